The standard InChI is InChI=1S/C18H27FN4O2/c1-17(2,3)23-15(20)6-13(22-23)11-4-12(19)14(5-11)25-16(24)21-18-7-10(8-18)9-18/h6,10-12,14H,4-5,7-9,20H2,1-3H3,(H,21,24)/t10?,11-,12+,14-,18?/m0/s1. The van der Waals surface area contributed by atoms with Crippen LogP contribution in [0.2, 0.25) is 0 Å². The molecule has 0 radical (unpaired) electrons. The zero-order valence-electron chi connectivity index (χ0n) is 15.1. The van der Waals surface area contributed by atoms with Gasteiger partial charge in [0.05, 0.1) is 11.2 Å². The van der Waals surface area contributed by atoms with Crippen molar-refractivity contribution in [1.29, 1.82) is 0 Å². The van der Waals surface area contributed by atoms with E-state index in [1.54, 1.807) is 4.68 Å². The average Bonchev–Trinajstić information content (AvgIpc) is 2.96. The molecule has 7 heteroatoms. The summed E-state index contributed by atoms with van der Waals surface area (Å²) in [6, 6.07) is 1.81. The van der Waals surface area contributed by atoms with Gasteiger partial charge in [0.15, 0.2) is 0 Å². The van der Waals surface area contributed by atoms with Crippen molar-refractivity contribution in [1.82, 2.24) is 15.1 Å². The molecule has 138 valence electrons. The first-order chi connectivity index (χ1) is 11.7. The van der Waals surface area contributed by atoms with E-state index < -0.39 is 18.4 Å². The fourth-order valence-electron chi connectivity index (χ4n) is 4.48. The number of nitrogens with two attached hydrogens (primary N) is 1. The lowest BCUT2D eigenvalue weighted by Crippen LogP contribution is -2.68. The molecule has 6 nitrogen and oxygen atoms in total. The van der Waals surface area contributed by atoms with E-state index in [0.29, 0.717) is 18.7 Å². The second-order valence-electron chi connectivity index (χ2n) is 9.09. The highest BCUT2D eigenvalue weighted by Crippen LogP contribution is 2.57. The Hall–Kier alpha value is -1.79. The van der Waals surface area contributed by atoms with E-state index in [1.807, 2.05) is 26.8 Å². The van der Waals surface area contributed by atoms with Crippen LogP contribution in [0.4, 0.5) is 15.0 Å². The van der Waals surface area contributed by atoms with Crippen LogP contribution in [0.15, 0.2) is 6.07 Å². The molecule has 1 amide bonds. The van der Waals surface area contributed by atoms with Gasteiger partial charge in [-0.15, -0.1) is 0 Å². The van der Waals surface area contributed by atoms with Gasteiger partial charge in [-0.3, -0.25) is 0 Å². The molecule has 2 bridgehead atoms. The third-order valence-electron chi connectivity index (χ3n) is 5.90. The van der Waals surface area contributed by atoms with Gasteiger partial charge in [-0.2, -0.15) is 5.10 Å². The van der Waals surface area contributed by atoms with Gasteiger partial charge < -0.3 is 15.8 Å². The number of carbonyl (C=O) groups is 1. The van der Waals surface area contributed by atoms with E-state index in [1.165, 1.54) is 0 Å². The van der Waals surface area contributed by atoms with Gasteiger partial charge in [0.2, 0.25) is 0 Å². The Balaban J connectivity index is 1.38. The van der Waals surface area contributed by atoms with Gasteiger partial charge in [-0.05, 0) is 58.8 Å². The molecule has 4 saturated carbocycles. The van der Waals surface area contributed by atoms with Crippen LogP contribution in [0.1, 0.15) is 64.5 Å². The summed E-state index contributed by atoms with van der Waals surface area (Å²) < 4.78 is 21.5. The second kappa shape index (κ2) is 5.35. The Morgan fingerprint density at radius 2 is 2.08 bits per heavy atom. The van der Waals surface area contributed by atoms with E-state index in [4.69, 9.17) is 10.5 Å². The summed E-state index contributed by atoms with van der Waals surface area (Å²) in [6.45, 7) is 6.07. The van der Waals surface area contributed by atoms with Crippen LogP contribution in [0.25, 0.3) is 0 Å². The second-order valence-corrected chi connectivity index (χ2v) is 9.09. The number of hydrogen-bond donors (Lipinski definition) is 2. The summed E-state index contributed by atoms with van der Waals surface area (Å²) in [5, 5.41) is 7.49. The van der Waals surface area contributed by atoms with E-state index in [2.05, 4.69) is 10.4 Å². The quantitative estimate of drug-likeness (QED) is 0.878. The number of alkyl halides is 1. The first-order valence-corrected chi connectivity index (χ1v) is 9.14. The average molecular weight is 350 g/mol. The van der Waals surface area contributed by atoms with Crippen LogP contribution >= 0.6 is 0 Å². The molecule has 3 atom stereocenters. The molecule has 1 aromatic heterocycles. The topological polar surface area (TPSA) is 82.2 Å². The summed E-state index contributed by atoms with van der Waals surface area (Å²) in [6.07, 6.45) is 1.53. The molecular formula is C18H27FN4O2. The summed E-state index contributed by atoms with van der Waals surface area (Å²) in [5.74, 6) is 1.27. The number of anilines is 1. The monoisotopic (exact) mass is 350 g/mol. The summed E-state index contributed by atoms with van der Waals surface area (Å²) in [4.78, 5) is 12.1. The molecule has 5 rings (SSSR count). The molecule has 3 N–H and O–H groups in total. The molecule has 4 aliphatic carbocycles. The van der Waals surface area contributed by atoms with Gasteiger partial charge in [-0.1, -0.05) is 0 Å². The summed E-state index contributed by atoms with van der Waals surface area (Å²) in [5.41, 5.74) is 6.55. The molecule has 0 unspecified atom stereocenters. The van der Waals surface area contributed by atoms with Crippen molar-refractivity contribution in [2.75, 3.05) is 5.73 Å². The summed E-state index contributed by atoms with van der Waals surface area (Å²) in [7, 11) is 0. The van der Waals surface area contributed by atoms with Crippen molar-refractivity contribution in [3.63, 3.8) is 0 Å². The number of ether oxygens (including phenoxy) is 1. The van der Waals surface area contributed by atoms with Crippen LogP contribution in [0, 0.1) is 5.92 Å². The minimum atomic E-state index is -1.16. The van der Waals surface area contributed by atoms with Crippen LogP contribution in [-0.4, -0.2) is 33.7 Å². The third-order valence-corrected chi connectivity index (χ3v) is 5.90. The Bertz CT molecular complexity index is 679. The number of aromatic nitrogens is 2. The minimum absolute atomic E-state index is 0.0501. The maximum Gasteiger partial charge on any atom is 0.407 e. The number of amides is 1. The Morgan fingerprint density at radius 1 is 1.40 bits per heavy atom. The largest absolute Gasteiger partial charge is 0.443 e. The van der Waals surface area contributed by atoms with Gasteiger partial charge in [0.25, 0.3) is 0 Å². The van der Waals surface area contributed by atoms with Gasteiger partial charge in [0.1, 0.15) is 18.1 Å². The van der Waals surface area contributed by atoms with E-state index in [9.17, 15) is 9.18 Å². The Labute approximate surface area is 147 Å². The van der Waals surface area contributed by atoms with Crippen molar-refractivity contribution in [2.45, 2.75) is 82.1 Å². The van der Waals surface area contributed by atoms with Gasteiger partial charge >= 0.3 is 6.09 Å². The molecule has 0 spiro atoms. The normalized spacial score (nSPS) is 36.5. The number of hydrogen-bond acceptors (Lipinski definition) is 4. The van der Waals surface area contributed by atoms with Crippen molar-refractivity contribution in [2.24, 2.45) is 5.92 Å². The zero-order valence-corrected chi connectivity index (χ0v) is 15.1. The Morgan fingerprint density at radius 3 is 2.60 bits per heavy atom. The molecule has 25 heavy (non-hydrogen) atoms. The van der Waals surface area contributed by atoms with Gasteiger partial charge in [0, 0.05) is 17.5 Å². The number of nitrogens with zero attached hydrogens (tertiary/aromatic N) is 2. The van der Waals surface area contributed by atoms with E-state index in [0.717, 1.165) is 30.9 Å². The van der Waals surface area contributed by atoms with Crippen molar-refractivity contribution in [3.05, 3.63) is 11.8 Å². The lowest BCUT2D eigenvalue weighted by molar-refractivity contribution is -0.0530. The number of carbonyl (C=O) groups excluding carboxylic acids is 1. The van der Waals surface area contributed by atoms with Crippen molar-refractivity contribution in [3.8, 4) is 0 Å². The van der Waals surface area contributed by atoms with Crippen LogP contribution in [0.3, 0.4) is 0 Å². The lowest BCUT2D eigenvalue weighted by atomic mass is 9.50. The first kappa shape index (κ1) is 16.7. The lowest BCUT2D eigenvalue weighted by Gasteiger charge is -2.61. The number of alkyl carbamates (subject to hydrolysis) is 1. The Kier molecular flexibility index (Phi) is 3.57. The molecular weight excluding hydrogens is 323 g/mol. The molecule has 1 heterocycles. The number of halogens is 1. The fourth-order valence-corrected chi connectivity index (χ4v) is 4.48. The fraction of sp³-hybridized carbons (Fsp3) is 0.778. The molecule has 0 saturated heterocycles. The first-order valence-electron chi connectivity index (χ1n) is 9.14. The summed E-state index contributed by atoms with van der Waals surface area (Å²) >= 11 is 0. The predicted molar refractivity (Wildman–Crippen MR) is 92.0 cm³/mol. The molecule has 1 aromatic rings. The highest BCUT2D eigenvalue weighted by atomic mass is 19.1. The molecule has 4 fully saturated rings. The maximum absolute atomic E-state index is 14.4. The molecule has 0 aromatic carbocycles. The number of rotatable bonds is 3. The SMILES string of the molecule is CC(C)(C)n1nc([C@H]2C[C@@H](F)[C@@H](OC(=O)NC34CC(C3)C4)C2)cc1N. The van der Waals surface area contributed by atoms with Crippen molar-refractivity contribution >= 4 is 11.9 Å². The highest BCUT2D eigenvalue weighted by molar-refractivity contribution is 5.69. The zero-order chi connectivity index (χ0) is 18.0. The van der Waals surface area contributed by atoms with Gasteiger partial charge in [-0.25, -0.2) is 13.9 Å². The highest BCUT2D eigenvalue weighted by Gasteiger charge is 2.58. The van der Waals surface area contributed by atoms with Crippen LogP contribution in [-0.2, 0) is 10.3 Å². The number of nitrogens with one attached hydrogen (secondary N) is 1. The smallest absolute Gasteiger partial charge is 0.407 e. The van der Waals surface area contributed by atoms with E-state index in [-0.39, 0.29) is 17.0 Å². The van der Waals surface area contributed by atoms with Crippen molar-refractivity contribution < 1.29 is 13.9 Å². The number of nitrogen functional groups attached to an aromatic ring is 1. The van der Waals surface area contributed by atoms with E-state index >= 15 is 0 Å². The minimum Gasteiger partial charge on any atom is -0.443 e. The van der Waals surface area contributed by atoms with Crippen LogP contribution in [0.5, 0.6) is 0 Å². The predicted octanol–water partition coefficient (Wildman–Crippen LogP) is 3.08. The van der Waals surface area contributed by atoms with Crippen LogP contribution < -0.4 is 11.1 Å². The molecule has 4 aliphatic rings. The molecule has 0 aliphatic heterocycles. The maximum atomic E-state index is 14.4. The third kappa shape index (κ3) is 2.87.